The molecule has 1 unspecified atom stereocenters. The van der Waals surface area contributed by atoms with Crippen molar-refractivity contribution in [3.8, 4) is 23.0 Å². The minimum absolute atomic E-state index is 0.0159. The Balaban J connectivity index is 1.87. The molecule has 0 fully saturated rings. The normalized spacial score (nSPS) is 13.4. The van der Waals surface area contributed by atoms with Crippen LogP contribution in [0.5, 0.6) is 23.0 Å². The van der Waals surface area contributed by atoms with E-state index in [1.165, 1.54) is 18.2 Å². The van der Waals surface area contributed by atoms with Crippen molar-refractivity contribution in [3.63, 3.8) is 0 Å². The van der Waals surface area contributed by atoms with Gasteiger partial charge in [0.2, 0.25) is 41.6 Å². The van der Waals surface area contributed by atoms with E-state index < -0.39 is 43.4 Å². The zero-order valence-corrected chi connectivity index (χ0v) is 14.0. The average Bonchev–Trinajstić information content (AvgIpc) is 3.14. The van der Waals surface area contributed by atoms with Crippen LogP contribution >= 0.6 is 8.53 Å². The van der Waals surface area contributed by atoms with Crippen molar-refractivity contribution < 1.29 is 45.3 Å². The molecule has 1 aliphatic heterocycles. The monoisotopic (exact) mass is 409 g/mol. The number of carbonyl (C=O) groups is 1. The van der Waals surface area contributed by atoms with Gasteiger partial charge in [-0.1, -0.05) is 0 Å². The molecule has 0 amide bonds. The van der Waals surface area contributed by atoms with Crippen LogP contribution in [0.4, 0.5) is 22.0 Å². The number of aldehydes is 1. The van der Waals surface area contributed by atoms with Gasteiger partial charge in [0, 0.05) is 6.07 Å². The van der Waals surface area contributed by atoms with E-state index in [0.29, 0.717) is 17.8 Å². The average molecular weight is 409 g/mol. The standard InChI is InChI=1S/C15H9F5NO5P/c16-10-11(17)13(19)15(14(20)12(10)18)26-27(21-3-4-22)25-7-1-2-8-9(5-7)24-6-23-8/h1-2,4-5,21H,3,6H2. The summed E-state index contributed by atoms with van der Waals surface area (Å²) in [5, 5.41) is 2.35. The van der Waals surface area contributed by atoms with Gasteiger partial charge in [0.15, 0.2) is 11.5 Å². The van der Waals surface area contributed by atoms with Crippen molar-refractivity contribution in [2.45, 2.75) is 0 Å². The van der Waals surface area contributed by atoms with Gasteiger partial charge < -0.3 is 23.3 Å². The highest BCUT2D eigenvalue weighted by Crippen LogP contribution is 2.43. The molecule has 6 nitrogen and oxygen atoms in total. The van der Waals surface area contributed by atoms with Gasteiger partial charge >= 0.3 is 8.53 Å². The fourth-order valence-electron chi connectivity index (χ4n) is 1.97. The zero-order chi connectivity index (χ0) is 19.6. The fraction of sp³-hybridized carbons (Fsp3) is 0.133. The Kier molecular flexibility index (Phi) is 5.62. The molecule has 1 N–H and O–H groups in total. The maximum atomic E-state index is 13.8. The molecule has 0 radical (unpaired) electrons. The summed E-state index contributed by atoms with van der Waals surface area (Å²) in [5.74, 6) is -11.7. The lowest BCUT2D eigenvalue weighted by Crippen LogP contribution is -2.18. The number of fused-ring (bicyclic) bond motifs is 1. The Labute approximate surface area is 149 Å². The molecule has 2 aromatic carbocycles. The number of nitrogens with one attached hydrogen (secondary N) is 1. The van der Waals surface area contributed by atoms with Crippen molar-refractivity contribution in [2.24, 2.45) is 0 Å². The van der Waals surface area contributed by atoms with Gasteiger partial charge in [-0.2, -0.15) is 8.78 Å². The molecule has 0 spiro atoms. The third-order valence-corrected chi connectivity index (χ3v) is 4.35. The van der Waals surface area contributed by atoms with E-state index in [4.69, 9.17) is 18.5 Å². The summed E-state index contributed by atoms with van der Waals surface area (Å²) in [7, 11) is -2.51. The lowest BCUT2D eigenvalue weighted by molar-refractivity contribution is -0.106. The smallest absolute Gasteiger partial charge is 0.382 e. The van der Waals surface area contributed by atoms with E-state index in [-0.39, 0.29) is 19.1 Å². The van der Waals surface area contributed by atoms with Gasteiger partial charge in [-0.25, -0.2) is 18.3 Å². The Bertz CT molecular complexity index is 855. The minimum Gasteiger partial charge on any atom is -0.454 e. The molecule has 0 aromatic heterocycles. The second-order valence-electron chi connectivity index (χ2n) is 4.88. The van der Waals surface area contributed by atoms with E-state index in [9.17, 15) is 26.7 Å². The molecule has 0 saturated heterocycles. The molecule has 0 saturated carbocycles. The maximum absolute atomic E-state index is 13.8. The summed E-state index contributed by atoms with van der Waals surface area (Å²) in [4.78, 5) is 10.5. The Morgan fingerprint density at radius 2 is 1.59 bits per heavy atom. The van der Waals surface area contributed by atoms with E-state index in [1.54, 1.807) is 0 Å². The number of rotatable bonds is 7. The molecule has 0 aliphatic carbocycles. The Morgan fingerprint density at radius 1 is 0.963 bits per heavy atom. The lowest BCUT2D eigenvalue weighted by atomic mass is 10.3. The number of hydrogen-bond donors (Lipinski definition) is 1. The van der Waals surface area contributed by atoms with Crippen LogP contribution in [0.15, 0.2) is 18.2 Å². The van der Waals surface area contributed by atoms with E-state index >= 15 is 0 Å². The van der Waals surface area contributed by atoms with E-state index in [0.717, 1.165) is 0 Å². The predicted octanol–water partition coefficient (Wildman–Crippen LogP) is 3.58. The quantitative estimate of drug-likeness (QED) is 0.248. The number of hydrogen-bond acceptors (Lipinski definition) is 6. The highest BCUT2D eigenvalue weighted by Gasteiger charge is 2.30. The second-order valence-corrected chi connectivity index (χ2v) is 6.08. The van der Waals surface area contributed by atoms with Crippen LogP contribution in [0.2, 0.25) is 0 Å². The van der Waals surface area contributed by atoms with E-state index in [2.05, 4.69) is 5.09 Å². The third kappa shape index (κ3) is 3.88. The number of carbonyl (C=O) groups excluding carboxylic acids is 1. The van der Waals surface area contributed by atoms with Crippen molar-refractivity contribution in [1.82, 2.24) is 5.09 Å². The maximum Gasteiger partial charge on any atom is 0.382 e. The SMILES string of the molecule is O=CCNP(Oc1ccc2c(c1)OCO2)Oc1c(F)c(F)c(F)c(F)c1F. The molecule has 27 heavy (non-hydrogen) atoms. The van der Waals surface area contributed by atoms with Gasteiger partial charge in [-0.15, -0.1) is 0 Å². The number of ether oxygens (including phenoxy) is 2. The van der Waals surface area contributed by atoms with Crippen molar-refractivity contribution in [2.75, 3.05) is 13.3 Å². The van der Waals surface area contributed by atoms with Crippen molar-refractivity contribution >= 4 is 14.8 Å². The Hall–Kier alpha value is -2.65. The van der Waals surface area contributed by atoms with Crippen molar-refractivity contribution in [3.05, 3.63) is 47.3 Å². The molecule has 144 valence electrons. The summed E-state index contributed by atoms with van der Waals surface area (Å²) in [6.07, 6.45) is 0.389. The van der Waals surface area contributed by atoms with Gasteiger partial charge in [-0.05, 0) is 12.1 Å². The van der Waals surface area contributed by atoms with Gasteiger partial charge in [0.25, 0.3) is 0 Å². The molecular formula is C15H9F5NO5P. The highest BCUT2D eigenvalue weighted by atomic mass is 31.2. The Morgan fingerprint density at radius 3 is 2.26 bits per heavy atom. The first-order valence-corrected chi connectivity index (χ1v) is 8.34. The van der Waals surface area contributed by atoms with Crippen LogP contribution in [-0.4, -0.2) is 19.6 Å². The van der Waals surface area contributed by atoms with Crippen LogP contribution in [0.25, 0.3) is 0 Å². The third-order valence-electron chi connectivity index (χ3n) is 3.18. The predicted molar refractivity (Wildman–Crippen MR) is 81.0 cm³/mol. The fourth-order valence-corrected chi connectivity index (χ4v) is 2.99. The number of benzene rings is 2. The summed E-state index contributed by atoms with van der Waals surface area (Å²) < 4.78 is 87.7. The minimum atomic E-state index is -2.51. The number of halogens is 5. The summed E-state index contributed by atoms with van der Waals surface area (Å²) in [6.45, 7) is -0.385. The van der Waals surface area contributed by atoms with Crippen LogP contribution < -0.4 is 23.6 Å². The first-order chi connectivity index (χ1) is 12.9. The second kappa shape index (κ2) is 7.93. The molecule has 1 atom stereocenters. The van der Waals surface area contributed by atoms with Crippen LogP contribution in [0.3, 0.4) is 0 Å². The summed E-state index contributed by atoms with van der Waals surface area (Å²) in [5.41, 5.74) is 0. The largest absolute Gasteiger partial charge is 0.454 e. The van der Waals surface area contributed by atoms with Crippen LogP contribution in [0, 0.1) is 29.1 Å². The van der Waals surface area contributed by atoms with Gasteiger partial charge in [0.05, 0.1) is 6.54 Å². The molecule has 3 rings (SSSR count). The first-order valence-electron chi connectivity index (χ1n) is 7.16. The molecule has 12 heteroatoms. The van der Waals surface area contributed by atoms with Gasteiger partial charge in [0.1, 0.15) is 12.0 Å². The molecule has 0 bridgehead atoms. The van der Waals surface area contributed by atoms with E-state index in [1.807, 2.05) is 0 Å². The first kappa shape index (κ1) is 19.1. The molecular weight excluding hydrogens is 400 g/mol. The summed E-state index contributed by atoms with van der Waals surface area (Å²) >= 11 is 0. The summed E-state index contributed by atoms with van der Waals surface area (Å²) in [6, 6.07) is 4.23. The van der Waals surface area contributed by atoms with Crippen molar-refractivity contribution in [1.29, 1.82) is 0 Å². The highest BCUT2D eigenvalue weighted by molar-refractivity contribution is 7.45. The van der Waals surface area contributed by atoms with Crippen LogP contribution in [0.1, 0.15) is 0 Å². The lowest BCUT2D eigenvalue weighted by Gasteiger charge is -2.19. The molecule has 1 heterocycles. The van der Waals surface area contributed by atoms with Crippen LogP contribution in [-0.2, 0) is 4.79 Å². The molecule has 2 aromatic rings. The zero-order valence-electron chi connectivity index (χ0n) is 13.1. The topological polar surface area (TPSA) is 66.0 Å². The van der Waals surface area contributed by atoms with Gasteiger partial charge in [-0.3, -0.25) is 0 Å². The molecule has 1 aliphatic rings.